The average Bonchev–Trinajstić information content (AvgIpc) is 3.51. The number of fused-ring (bicyclic) bond motifs is 2. The van der Waals surface area contributed by atoms with Crippen LogP contribution in [0.5, 0.6) is 0 Å². The van der Waals surface area contributed by atoms with Crippen molar-refractivity contribution in [3.63, 3.8) is 0 Å². The summed E-state index contributed by atoms with van der Waals surface area (Å²) in [4.78, 5) is 0. The number of hydrogen-bond donors (Lipinski definition) is 0. The van der Waals surface area contributed by atoms with Crippen LogP contribution in [-0.2, 0) is 35.5 Å². The topological polar surface area (TPSA) is 0 Å². The van der Waals surface area contributed by atoms with E-state index in [1.54, 1.807) is 0 Å². The second kappa shape index (κ2) is 13.7. The first-order chi connectivity index (χ1) is 21.5. The van der Waals surface area contributed by atoms with Gasteiger partial charge in [-0.3, -0.25) is 0 Å². The molecule has 6 rings (SSSR count). The van der Waals surface area contributed by atoms with E-state index in [1.165, 1.54) is 105 Å². The number of rotatable bonds is 3. The van der Waals surface area contributed by atoms with E-state index in [2.05, 4.69) is 167 Å². The van der Waals surface area contributed by atoms with Crippen molar-refractivity contribution in [2.75, 3.05) is 0 Å². The zero-order valence-corrected chi connectivity index (χ0v) is 34.5. The number of halogens is 2. The number of allylic oxidation sites excluding steroid dienone is 4. The second-order valence-corrected chi connectivity index (χ2v) is 17.8. The minimum atomic E-state index is -0.0851. The number of benzene rings is 4. The first kappa shape index (κ1) is 38.4. The van der Waals surface area contributed by atoms with Crippen LogP contribution in [0.1, 0.15) is 108 Å². The first-order valence-electron chi connectivity index (χ1n) is 16.9. The second-order valence-electron chi connectivity index (χ2n) is 16.6. The summed E-state index contributed by atoms with van der Waals surface area (Å²) in [6.45, 7) is 25.8. The fourth-order valence-corrected chi connectivity index (χ4v) is 8.31. The van der Waals surface area contributed by atoms with Crippen molar-refractivity contribution in [2.24, 2.45) is 11.3 Å². The molecule has 0 fully saturated rings. The van der Waals surface area contributed by atoms with Crippen LogP contribution < -0.4 is 35.3 Å². The standard InChI is InChI=1S/C45H49.2ClH.Zr/c1-28-17-19-31(20-18-28)40(30-15-13-12-14-16-30)42-39(45(9,10)11)27-37-36-25-33(43(3,4)5)22-21-32(36)24-38(37)41(42)35-26-34(23-29(35)2)44(6,7)8;;;/h12-23,25-27,29H,1-11H3;2*1H;/q;;;+2/p-2. The van der Waals surface area contributed by atoms with Crippen LogP contribution >= 0.6 is 0 Å². The molecule has 247 valence electrons. The minimum absolute atomic E-state index is 0. The van der Waals surface area contributed by atoms with Crippen molar-refractivity contribution in [1.29, 1.82) is 0 Å². The zero-order valence-electron chi connectivity index (χ0n) is 30.5. The van der Waals surface area contributed by atoms with Gasteiger partial charge in [0.1, 0.15) is 0 Å². The molecule has 0 bridgehead atoms. The van der Waals surface area contributed by atoms with Gasteiger partial charge in [0.25, 0.3) is 0 Å². The van der Waals surface area contributed by atoms with Gasteiger partial charge in [0.2, 0.25) is 0 Å². The number of aryl methyl sites for hydroxylation is 1. The molecule has 4 aromatic rings. The molecule has 0 radical (unpaired) electrons. The quantitative estimate of drug-likeness (QED) is 0.296. The van der Waals surface area contributed by atoms with Crippen molar-refractivity contribution >= 4 is 14.4 Å². The summed E-state index contributed by atoms with van der Waals surface area (Å²) in [5.41, 5.74) is 13.8. The van der Waals surface area contributed by atoms with Crippen molar-refractivity contribution in [3.05, 3.63) is 156 Å². The minimum Gasteiger partial charge on any atom is -1.00 e. The Morgan fingerprint density at radius 2 is 1.23 bits per heavy atom. The van der Waals surface area contributed by atoms with Crippen LogP contribution in [-0.4, -0.2) is 0 Å². The van der Waals surface area contributed by atoms with E-state index in [-0.39, 0.29) is 41.1 Å². The van der Waals surface area contributed by atoms with Crippen LogP contribution in [0.25, 0.3) is 14.4 Å². The van der Waals surface area contributed by atoms with Gasteiger partial charge in [-0.2, -0.15) is 0 Å². The van der Waals surface area contributed by atoms with E-state index in [4.69, 9.17) is 0 Å². The fraction of sp³-hybridized carbons (Fsp3) is 0.333. The van der Waals surface area contributed by atoms with Crippen LogP contribution in [0.3, 0.4) is 0 Å². The van der Waals surface area contributed by atoms with E-state index in [0.29, 0.717) is 5.92 Å². The fourth-order valence-electron chi connectivity index (χ4n) is 7.13. The van der Waals surface area contributed by atoms with E-state index in [1.807, 2.05) is 0 Å². The van der Waals surface area contributed by atoms with Gasteiger partial charge in [0.05, 0.1) is 0 Å². The summed E-state index contributed by atoms with van der Waals surface area (Å²) in [5, 5.41) is 5.61. The predicted molar refractivity (Wildman–Crippen MR) is 194 cm³/mol. The van der Waals surface area contributed by atoms with Crippen LogP contribution in [0, 0.1) is 28.7 Å². The van der Waals surface area contributed by atoms with Gasteiger partial charge < -0.3 is 24.8 Å². The number of hydrogen-bond acceptors (Lipinski definition) is 0. The van der Waals surface area contributed by atoms with Gasteiger partial charge in [-0.1, -0.05) is 0 Å². The third kappa shape index (κ3) is 6.95. The average molecular weight is 752 g/mol. The van der Waals surface area contributed by atoms with Crippen molar-refractivity contribution in [2.45, 2.75) is 87.0 Å². The van der Waals surface area contributed by atoms with Gasteiger partial charge >= 0.3 is 294 Å². The molecule has 0 spiro atoms. The van der Waals surface area contributed by atoms with Crippen molar-refractivity contribution in [1.82, 2.24) is 0 Å². The van der Waals surface area contributed by atoms with E-state index in [9.17, 15) is 0 Å². The van der Waals surface area contributed by atoms with Crippen LogP contribution in [0.4, 0.5) is 0 Å². The Bertz CT molecular complexity index is 2150. The third-order valence-corrected chi connectivity index (χ3v) is 11.1. The maximum atomic E-state index is 2.58. The molecule has 0 heterocycles. The normalized spacial score (nSPS) is 16.4. The van der Waals surface area contributed by atoms with Crippen LogP contribution in [0.2, 0.25) is 0 Å². The maximum Gasteiger partial charge on any atom is -1.00 e. The molecular formula is C45H49Cl2Zr. The summed E-state index contributed by atoms with van der Waals surface area (Å²) in [5.74, 6) is 0.319. The molecule has 0 saturated heterocycles. The molecule has 1 atom stereocenters. The first-order valence-corrected chi connectivity index (χ1v) is 18.1. The molecule has 2 aliphatic carbocycles. The smallest absolute Gasteiger partial charge is 1.00 e. The molecule has 0 nitrogen and oxygen atoms in total. The molecule has 0 aliphatic heterocycles. The molecule has 0 saturated carbocycles. The van der Waals surface area contributed by atoms with E-state index in [0.717, 1.165) is 0 Å². The Hall–Kier alpha value is -2.44. The molecule has 4 aromatic carbocycles. The Morgan fingerprint density at radius 1 is 0.625 bits per heavy atom. The van der Waals surface area contributed by atoms with Gasteiger partial charge in [-0.15, -0.1) is 0 Å². The molecule has 48 heavy (non-hydrogen) atoms. The Kier molecular flexibility index (Phi) is 11.0. The molecular weight excluding hydrogens is 703 g/mol. The SMILES string of the molecule is Cc1ccc(C(c2ccccc2)=c2c(C(C)(C)C)cc3c(c2C2=CC(C(C)(C)C)=CC2C)[C]([Zr+2])=c2ccc(C(C)(C)C)cc2=3)cc1.[Cl-].[Cl-]. The van der Waals surface area contributed by atoms with Crippen molar-refractivity contribution < 1.29 is 49.5 Å². The monoisotopic (exact) mass is 749 g/mol. The summed E-state index contributed by atoms with van der Waals surface area (Å²) < 4.78 is 1.47. The van der Waals surface area contributed by atoms with Crippen molar-refractivity contribution in [3.8, 4) is 0 Å². The third-order valence-electron chi connectivity index (χ3n) is 9.87. The Labute approximate surface area is 316 Å². The Morgan fingerprint density at radius 3 is 1.77 bits per heavy atom. The summed E-state index contributed by atoms with van der Waals surface area (Å²) in [6.07, 6.45) is 5.06. The molecule has 0 aromatic heterocycles. The summed E-state index contributed by atoms with van der Waals surface area (Å²) in [7, 11) is 0. The summed E-state index contributed by atoms with van der Waals surface area (Å²) in [6, 6.07) is 30.2. The Balaban J connectivity index is 0.00000260. The van der Waals surface area contributed by atoms with E-state index >= 15 is 0 Å². The molecule has 0 N–H and O–H groups in total. The predicted octanol–water partition coefficient (Wildman–Crippen LogP) is 4.15. The van der Waals surface area contributed by atoms with Gasteiger partial charge in [0.15, 0.2) is 0 Å². The van der Waals surface area contributed by atoms with Gasteiger partial charge in [-0.25, -0.2) is 0 Å². The molecule has 3 heteroatoms. The molecule has 1 unspecified atom stereocenters. The molecule has 0 amide bonds. The zero-order chi connectivity index (χ0) is 33.3. The van der Waals surface area contributed by atoms with Crippen LogP contribution in [0.15, 0.2) is 96.6 Å². The largest absolute Gasteiger partial charge is 1.00 e. The molecule has 2 aliphatic rings. The van der Waals surface area contributed by atoms with Gasteiger partial charge in [0, 0.05) is 0 Å². The van der Waals surface area contributed by atoms with E-state index < -0.39 is 0 Å². The maximum absolute atomic E-state index is 2.58. The summed E-state index contributed by atoms with van der Waals surface area (Å²) >= 11 is 1.46. The van der Waals surface area contributed by atoms with Gasteiger partial charge in [-0.05, 0) is 0 Å².